The number of likely N-dealkylation sites (tertiary alicyclic amines) is 1. The Bertz CT molecular complexity index is 820. The number of imide groups is 1. The largest absolute Gasteiger partial charge is 0.393 e. The molecule has 2 aliphatic heterocycles. The molecule has 6 nitrogen and oxygen atoms in total. The van der Waals surface area contributed by atoms with E-state index < -0.39 is 17.1 Å². The minimum absolute atomic E-state index is 0.353. The second-order valence-corrected chi connectivity index (χ2v) is 8.75. The third-order valence-electron chi connectivity index (χ3n) is 5.35. The van der Waals surface area contributed by atoms with Gasteiger partial charge in [-0.25, -0.2) is 4.79 Å². The summed E-state index contributed by atoms with van der Waals surface area (Å²) >= 11 is 1.16. The second kappa shape index (κ2) is 8.70. The maximum Gasteiger partial charge on any atom is 0.324 e. The molecule has 2 heterocycles. The van der Waals surface area contributed by atoms with Crippen molar-refractivity contribution in [1.29, 1.82) is 5.26 Å². The average Bonchev–Trinajstić information content (AvgIpc) is 3.05. The van der Waals surface area contributed by atoms with Gasteiger partial charge in [0.1, 0.15) is 5.25 Å². The summed E-state index contributed by atoms with van der Waals surface area (Å²) in [4.78, 5) is 27.0. The van der Waals surface area contributed by atoms with Crippen molar-refractivity contribution in [2.45, 2.75) is 50.2 Å². The monoisotopic (exact) mass is 398 g/mol. The molecule has 0 aromatic heterocycles. The lowest BCUT2D eigenvalue weighted by Gasteiger charge is -2.27. The number of thioether (sulfide) groups is 1. The lowest BCUT2D eigenvalue weighted by atomic mass is 9.87. The summed E-state index contributed by atoms with van der Waals surface area (Å²) in [5.74, 6) is -0.457. The Kier molecular flexibility index (Phi) is 6.30. The summed E-state index contributed by atoms with van der Waals surface area (Å²) in [5.41, 5.74) is 8.48. The first-order chi connectivity index (χ1) is 13.4. The molecular formula is C21H26N4O2S. The van der Waals surface area contributed by atoms with Gasteiger partial charge in [0.15, 0.2) is 0 Å². The van der Waals surface area contributed by atoms with Gasteiger partial charge in [-0.2, -0.15) is 5.26 Å². The molecule has 1 aromatic rings. The highest BCUT2D eigenvalue weighted by Crippen LogP contribution is 2.45. The molecule has 7 heteroatoms. The van der Waals surface area contributed by atoms with Crippen molar-refractivity contribution in [3.05, 3.63) is 46.0 Å². The fourth-order valence-electron chi connectivity index (χ4n) is 3.68. The van der Waals surface area contributed by atoms with Crippen LogP contribution in [0.1, 0.15) is 56.1 Å². The average molecular weight is 399 g/mol. The Morgan fingerprint density at radius 2 is 1.86 bits per heavy atom. The van der Waals surface area contributed by atoms with Crippen LogP contribution in [0.2, 0.25) is 0 Å². The smallest absolute Gasteiger partial charge is 0.324 e. The van der Waals surface area contributed by atoms with Gasteiger partial charge in [0.2, 0.25) is 5.91 Å². The van der Waals surface area contributed by atoms with Gasteiger partial charge < -0.3 is 10.6 Å². The molecule has 2 unspecified atom stereocenters. The van der Waals surface area contributed by atoms with E-state index in [1.54, 1.807) is 4.90 Å². The van der Waals surface area contributed by atoms with Crippen LogP contribution < -0.4 is 11.1 Å². The van der Waals surface area contributed by atoms with Crippen LogP contribution >= 0.6 is 11.8 Å². The molecule has 1 aromatic carbocycles. The van der Waals surface area contributed by atoms with E-state index in [9.17, 15) is 14.9 Å². The number of urea groups is 1. The summed E-state index contributed by atoms with van der Waals surface area (Å²) < 4.78 is 0. The first kappa shape index (κ1) is 20.3. The van der Waals surface area contributed by atoms with Gasteiger partial charge in [-0.1, -0.05) is 49.9 Å². The number of carbonyl (C=O) groups is 2. The van der Waals surface area contributed by atoms with Crippen molar-refractivity contribution in [3.63, 3.8) is 0 Å². The Morgan fingerprint density at radius 1 is 1.21 bits per heavy atom. The fraction of sp³-hybridized carbons (Fsp3) is 0.476. The molecule has 0 radical (unpaired) electrons. The fourth-order valence-corrected chi connectivity index (χ4v) is 4.85. The summed E-state index contributed by atoms with van der Waals surface area (Å²) in [6.07, 6.45) is 3.02. The second-order valence-electron chi connectivity index (χ2n) is 7.57. The number of piperidine rings is 1. The third kappa shape index (κ3) is 4.17. The molecule has 1 saturated heterocycles. The van der Waals surface area contributed by atoms with Crippen molar-refractivity contribution < 1.29 is 9.59 Å². The van der Waals surface area contributed by atoms with Crippen molar-refractivity contribution >= 4 is 23.7 Å². The number of nitriles is 1. The molecular weight excluding hydrogens is 372 g/mol. The van der Waals surface area contributed by atoms with Crippen LogP contribution in [0.4, 0.5) is 4.79 Å². The summed E-state index contributed by atoms with van der Waals surface area (Å²) in [6, 6.07) is 9.73. The number of hydrogen-bond donors (Lipinski definition) is 2. The zero-order valence-corrected chi connectivity index (χ0v) is 17.1. The molecule has 0 aliphatic carbocycles. The lowest BCUT2D eigenvalue weighted by molar-refractivity contribution is -0.119. The zero-order valence-electron chi connectivity index (χ0n) is 16.3. The molecule has 3 amide bonds. The van der Waals surface area contributed by atoms with E-state index in [1.807, 2.05) is 24.3 Å². The molecule has 2 aliphatic rings. The number of rotatable bonds is 3. The van der Waals surface area contributed by atoms with Crippen molar-refractivity contribution in [3.8, 4) is 6.07 Å². The lowest BCUT2D eigenvalue weighted by Crippen LogP contribution is -2.48. The zero-order chi connectivity index (χ0) is 20.3. The molecule has 148 valence electrons. The Balaban J connectivity index is 1.80. The van der Waals surface area contributed by atoms with Gasteiger partial charge in [-0.15, -0.1) is 0 Å². The molecule has 28 heavy (non-hydrogen) atoms. The molecule has 1 fully saturated rings. The number of hydrogen-bond acceptors (Lipinski definition) is 5. The normalized spacial score (nSPS) is 22.3. The van der Waals surface area contributed by atoms with E-state index in [4.69, 9.17) is 5.73 Å². The Morgan fingerprint density at radius 3 is 2.43 bits per heavy atom. The molecule has 0 spiro atoms. The molecule has 3 N–H and O–H groups in total. The van der Waals surface area contributed by atoms with Crippen LogP contribution in [0.25, 0.3) is 0 Å². The van der Waals surface area contributed by atoms with E-state index in [-0.39, 0.29) is 6.03 Å². The van der Waals surface area contributed by atoms with Gasteiger partial charge in [-0.05, 0) is 36.3 Å². The van der Waals surface area contributed by atoms with E-state index in [2.05, 4.69) is 25.2 Å². The molecule has 0 saturated carbocycles. The molecule has 3 rings (SSSR count). The van der Waals surface area contributed by atoms with E-state index >= 15 is 0 Å². The molecule has 2 atom stereocenters. The topological polar surface area (TPSA) is 99.2 Å². The maximum absolute atomic E-state index is 12.9. The van der Waals surface area contributed by atoms with Crippen LogP contribution in [0.15, 0.2) is 34.9 Å². The number of nitrogens with one attached hydrogen (secondary N) is 1. The first-order valence-electron chi connectivity index (χ1n) is 9.68. The minimum atomic E-state index is -0.631. The maximum atomic E-state index is 12.9. The summed E-state index contributed by atoms with van der Waals surface area (Å²) in [6.45, 7) is 5.56. The van der Waals surface area contributed by atoms with Gasteiger partial charge in [0, 0.05) is 19.0 Å². The van der Waals surface area contributed by atoms with Crippen LogP contribution in [0.5, 0.6) is 0 Å². The number of amides is 3. The number of allylic oxidation sites excluding steroid dienone is 1. The van der Waals surface area contributed by atoms with Crippen LogP contribution in [0.3, 0.4) is 0 Å². The highest BCUT2D eigenvalue weighted by Gasteiger charge is 2.41. The number of benzene rings is 1. The highest BCUT2D eigenvalue weighted by atomic mass is 32.2. The van der Waals surface area contributed by atoms with Gasteiger partial charge in [0.05, 0.1) is 16.7 Å². The van der Waals surface area contributed by atoms with Crippen LogP contribution in [-0.2, 0) is 4.79 Å². The van der Waals surface area contributed by atoms with E-state index in [1.165, 1.54) is 5.56 Å². The minimum Gasteiger partial charge on any atom is -0.393 e. The predicted molar refractivity (Wildman–Crippen MR) is 110 cm³/mol. The van der Waals surface area contributed by atoms with Crippen molar-refractivity contribution in [2.24, 2.45) is 5.73 Å². The van der Waals surface area contributed by atoms with Crippen LogP contribution in [0, 0.1) is 11.3 Å². The summed E-state index contributed by atoms with van der Waals surface area (Å²) in [5, 5.41) is 11.8. The Labute approximate surface area is 170 Å². The molecule has 0 bridgehead atoms. The van der Waals surface area contributed by atoms with E-state index in [0.29, 0.717) is 29.6 Å². The first-order valence-corrected chi connectivity index (χ1v) is 10.6. The van der Waals surface area contributed by atoms with Crippen LogP contribution in [-0.4, -0.2) is 35.2 Å². The SMILES string of the molecule is CC(C)c1ccc(C2C(C#N)=C(N)SC2C(=O)NC(=O)N2CCCCC2)cc1. The Hall–Kier alpha value is -2.46. The van der Waals surface area contributed by atoms with E-state index in [0.717, 1.165) is 36.6 Å². The predicted octanol–water partition coefficient (Wildman–Crippen LogP) is 3.42. The number of nitrogens with zero attached hydrogens (tertiary/aromatic N) is 2. The van der Waals surface area contributed by atoms with Gasteiger partial charge >= 0.3 is 6.03 Å². The van der Waals surface area contributed by atoms with Crippen molar-refractivity contribution in [1.82, 2.24) is 10.2 Å². The van der Waals surface area contributed by atoms with Gasteiger partial charge in [0.25, 0.3) is 0 Å². The highest BCUT2D eigenvalue weighted by molar-refractivity contribution is 8.04. The number of carbonyl (C=O) groups excluding carboxylic acids is 2. The van der Waals surface area contributed by atoms with Crippen molar-refractivity contribution in [2.75, 3.05) is 13.1 Å². The standard InChI is InChI=1S/C21H26N4O2S/c1-13(2)14-6-8-15(9-7-14)17-16(12-22)19(23)28-18(17)20(26)24-21(27)25-10-4-3-5-11-25/h6-9,13,17-18H,3-5,10-11,23H2,1-2H3,(H,24,26,27). The van der Waals surface area contributed by atoms with Gasteiger partial charge in [-0.3, -0.25) is 10.1 Å². The third-order valence-corrected chi connectivity index (χ3v) is 6.56. The number of nitrogens with two attached hydrogens (primary N) is 1. The summed E-state index contributed by atoms with van der Waals surface area (Å²) in [7, 11) is 0. The quantitative estimate of drug-likeness (QED) is 0.813.